The standard InChI is InChI=1S/C13H16ClF3N2O3/c1-19(6-9(20)7-22-2)12(21)18-8-3-4-11(14)10(5-8)13(15,16)17/h3-5,9,20H,6-7H2,1-2H3,(H,18,21). The third kappa shape index (κ3) is 5.36. The van der Waals surface area contributed by atoms with Crippen LogP contribution in [0.1, 0.15) is 5.56 Å². The van der Waals surface area contributed by atoms with Crippen molar-refractivity contribution in [2.45, 2.75) is 12.3 Å². The molecule has 0 aliphatic rings. The number of hydrogen-bond acceptors (Lipinski definition) is 3. The molecule has 1 aromatic rings. The van der Waals surface area contributed by atoms with Gasteiger partial charge in [0.15, 0.2) is 0 Å². The first-order valence-corrected chi connectivity index (χ1v) is 6.58. The largest absolute Gasteiger partial charge is 0.417 e. The topological polar surface area (TPSA) is 61.8 Å². The van der Waals surface area contributed by atoms with Gasteiger partial charge in [-0.1, -0.05) is 11.6 Å². The maximum absolute atomic E-state index is 12.7. The molecule has 1 rings (SSSR count). The number of carbonyl (C=O) groups is 1. The van der Waals surface area contributed by atoms with E-state index in [0.717, 1.165) is 17.0 Å². The van der Waals surface area contributed by atoms with Crippen molar-refractivity contribution >= 4 is 23.3 Å². The molecule has 22 heavy (non-hydrogen) atoms. The van der Waals surface area contributed by atoms with E-state index in [0.29, 0.717) is 0 Å². The number of alkyl halides is 3. The lowest BCUT2D eigenvalue weighted by atomic mass is 10.2. The molecule has 0 aromatic heterocycles. The maximum Gasteiger partial charge on any atom is 0.417 e. The Bertz CT molecular complexity index is 526. The molecule has 0 aliphatic carbocycles. The van der Waals surface area contributed by atoms with Gasteiger partial charge >= 0.3 is 12.2 Å². The molecular weight excluding hydrogens is 325 g/mol. The highest BCUT2D eigenvalue weighted by Crippen LogP contribution is 2.36. The first kappa shape index (κ1) is 18.5. The van der Waals surface area contributed by atoms with Crippen LogP contribution >= 0.6 is 11.6 Å². The summed E-state index contributed by atoms with van der Waals surface area (Å²) in [5.41, 5.74) is -1.08. The van der Waals surface area contributed by atoms with Crippen LogP contribution in [0.4, 0.5) is 23.7 Å². The van der Waals surface area contributed by atoms with Crippen LogP contribution in [-0.2, 0) is 10.9 Å². The summed E-state index contributed by atoms with van der Waals surface area (Å²) in [5.74, 6) is 0. The molecule has 0 fully saturated rings. The second kappa shape index (κ2) is 7.66. The van der Waals surface area contributed by atoms with Crippen LogP contribution in [0.2, 0.25) is 5.02 Å². The molecule has 0 heterocycles. The number of halogens is 4. The first-order chi connectivity index (χ1) is 10.1. The molecule has 5 nitrogen and oxygen atoms in total. The van der Waals surface area contributed by atoms with Crippen molar-refractivity contribution in [3.63, 3.8) is 0 Å². The van der Waals surface area contributed by atoms with Gasteiger partial charge in [-0.2, -0.15) is 13.2 Å². The van der Waals surface area contributed by atoms with Gasteiger partial charge in [0.2, 0.25) is 0 Å². The van der Waals surface area contributed by atoms with E-state index < -0.39 is 28.9 Å². The lowest BCUT2D eigenvalue weighted by molar-refractivity contribution is -0.137. The number of hydrogen-bond donors (Lipinski definition) is 2. The zero-order valence-corrected chi connectivity index (χ0v) is 12.7. The Kier molecular flexibility index (Phi) is 6.46. The third-order valence-corrected chi connectivity index (χ3v) is 3.04. The van der Waals surface area contributed by atoms with Gasteiger partial charge in [0.25, 0.3) is 0 Å². The highest BCUT2D eigenvalue weighted by atomic mass is 35.5. The Balaban J connectivity index is 2.76. The van der Waals surface area contributed by atoms with Crippen LogP contribution in [0, 0.1) is 0 Å². The molecule has 1 aromatic carbocycles. The Hall–Kier alpha value is -1.51. The fourth-order valence-corrected chi connectivity index (χ4v) is 1.91. The second-order valence-corrected chi connectivity index (χ2v) is 5.02. The lowest BCUT2D eigenvalue weighted by Crippen LogP contribution is -2.38. The Morgan fingerprint density at radius 3 is 2.68 bits per heavy atom. The molecule has 0 saturated carbocycles. The van der Waals surface area contributed by atoms with E-state index in [9.17, 15) is 23.1 Å². The van der Waals surface area contributed by atoms with Crippen molar-refractivity contribution in [1.29, 1.82) is 0 Å². The molecule has 0 bridgehead atoms. The number of aliphatic hydroxyl groups is 1. The van der Waals surface area contributed by atoms with Gasteiger partial charge in [-0.3, -0.25) is 0 Å². The number of benzene rings is 1. The molecule has 2 N–H and O–H groups in total. The zero-order valence-electron chi connectivity index (χ0n) is 11.9. The Morgan fingerprint density at radius 2 is 2.14 bits per heavy atom. The molecule has 0 spiro atoms. The number of ether oxygens (including phenoxy) is 1. The zero-order chi connectivity index (χ0) is 16.9. The van der Waals surface area contributed by atoms with Crippen LogP contribution < -0.4 is 5.32 Å². The lowest BCUT2D eigenvalue weighted by Gasteiger charge is -2.21. The van der Waals surface area contributed by atoms with Gasteiger partial charge in [-0.25, -0.2) is 4.79 Å². The van der Waals surface area contributed by atoms with Crippen LogP contribution in [0.15, 0.2) is 18.2 Å². The number of methoxy groups -OCH3 is 1. The molecule has 0 radical (unpaired) electrons. The van der Waals surface area contributed by atoms with Crippen molar-refractivity contribution in [2.24, 2.45) is 0 Å². The highest BCUT2D eigenvalue weighted by molar-refractivity contribution is 6.31. The molecule has 2 amide bonds. The van der Waals surface area contributed by atoms with Crippen molar-refractivity contribution in [1.82, 2.24) is 4.90 Å². The number of aliphatic hydroxyl groups excluding tert-OH is 1. The minimum absolute atomic E-state index is 0.0284. The SMILES string of the molecule is COCC(O)CN(C)C(=O)Nc1ccc(Cl)c(C(F)(F)F)c1. The van der Waals surface area contributed by atoms with Crippen molar-refractivity contribution in [3.8, 4) is 0 Å². The fraction of sp³-hybridized carbons (Fsp3) is 0.462. The summed E-state index contributed by atoms with van der Waals surface area (Å²) in [7, 11) is 2.80. The molecule has 124 valence electrons. The summed E-state index contributed by atoms with van der Waals surface area (Å²) >= 11 is 5.49. The predicted molar refractivity (Wildman–Crippen MR) is 76.0 cm³/mol. The number of likely N-dealkylation sites (N-methyl/N-ethyl adjacent to an activating group) is 1. The Morgan fingerprint density at radius 1 is 1.50 bits per heavy atom. The van der Waals surface area contributed by atoms with Crippen molar-refractivity contribution in [2.75, 3.05) is 32.6 Å². The van der Waals surface area contributed by atoms with Gasteiger partial charge < -0.3 is 20.1 Å². The number of urea groups is 1. The first-order valence-electron chi connectivity index (χ1n) is 6.21. The molecule has 9 heteroatoms. The van der Waals surface area contributed by atoms with Crippen molar-refractivity contribution in [3.05, 3.63) is 28.8 Å². The number of rotatable bonds is 5. The normalized spacial score (nSPS) is 12.9. The maximum atomic E-state index is 12.7. The number of carbonyl (C=O) groups excluding carboxylic acids is 1. The number of amides is 2. The van der Waals surface area contributed by atoms with Crippen LogP contribution in [0.3, 0.4) is 0 Å². The van der Waals surface area contributed by atoms with E-state index in [1.54, 1.807) is 0 Å². The summed E-state index contributed by atoms with van der Waals surface area (Å²) in [4.78, 5) is 13.0. The number of nitrogens with zero attached hydrogens (tertiary/aromatic N) is 1. The predicted octanol–water partition coefficient (Wildman–Crippen LogP) is 2.83. The van der Waals surface area contributed by atoms with E-state index >= 15 is 0 Å². The summed E-state index contributed by atoms with van der Waals surface area (Å²) in [6.07, 6.45) is -5.50. The summed E-state index contributed by atoms with van der Waals surface area (Å²) < 4.78 is 42.9. The second-order valence-electron chi connectivity index (χ2n) is 4.61. The average molecular weight is 341 g/mol. The quantitative estimate of drug-likeness (QED) is 0.866. The van der Waals surface area contributed by atoms with Crippen LogP contribution in [0.25, 0.3) is 0 Å². The monoisotopic (exact) mass is 340 g/mol. The summed E-state index contributed by atoms with van der Waals surface area (Å²) in [6.45, 7) is 0.0101. The van der Waals surface area contributed by atoms with E-state index in [1.807, 2.05) is 0 Å². The van der Waals surface area contributed by atoms with Gasteiger partial charge in [0.05, 0.1) is 29.8 Å². The number of anilines is 1. The molecule has 1 unspecified atom stereocenters. The van der Waals surface area contributed by atoms with Gasteiger partial charge in [-0.15, -0.1) is 0 Å². The van der Waals surface area contributed by atoms with Crippen molar-refractivity contribution < 1.29 is 27.8 Å². The van der Waals surface area contributed by atoms with E-state index in [4.69, 9.17) is 16.3 Å². The van der Waals surface area contributed by atoms with Crippen LogP contribution in [0.5, 0.6) is 0 Å². The molecular formula is C13H16ClF3N2O3. The van der Waals surface area contributed by atoms with E-state index in [1.165, 1.54) is 20.2 Å². The fourth-order valence-electron chi connectivity index (χ4n) is 1.68. The highest BCUT2D eigenvalue weighted by Gasteiger charge is 2.33. The van der Waals surface area contributed by atoms with Gasteiger partial charge in [0.1, 0.15) is 0 Å². The van der Waals surface area contributed by atoms with Crippen LogP contribution in [-0.4, -0.2) is 49.5 Å². The van der Waals surface area contributed by atoms with Gasteiger partial charge in [-0.05, 0) is 18.2 Å². The minimum Gasteiger partial charge on any atom is -0.389 e. The number of nitrogens with one attached hydrogen (secondary N) is 1. The minimum atomic E-state index is -4.61. The molecule has 0 saturated heterocycles. The third-order valence-electron chi connectivity index (χ3n) is 2.71. The molecule has 0 aliphatic heterocycles. The van der Waals surface area contributed by atoms with E-state index in [2.05, 4.69) is 5.32 Å². The summed E-state index contributed by atoms with van der Waals surface area (Å²) in [5, 5.41) is 11.4. The smallest absolute Gasteiger partial charge is 0.389 e. The average Bonchev–Trinajstić information content (AvgIpc) is 2.39. The van der Waals surface area contributed by atoms with Gasteiger partial charge in [0, 0.05) is 19.8 Å². The molecule has 1 atom stereocenters. The van der Waals surface area contributed by atoms with E-state index in [-0.39, 0.29) is 18.8 Å². The summed E-state index contributed by atoms with van der Waals surface area (Å²) in [6, 6.07) is 2.40. The Labute approximate surface area is 130 Å².